The molecule has 1 aromatic heterocycles. The molecule has 1 atom stereocenters. The van der Waals surface area contributed by atoms with Crippen molar-refractivity contribution in [2.75, 3.05) is 25.4 Å². The van der Waals surface area contributed by atoms with E-state index in [4.69, 9.17) is 10.5 Å². The highest BCUT2D eigenvalue weighted by Crippen LogP contribution is 2.34. The zero-order chi connectivity index (χ0) is 20.4. The number of anilines is 1. The summed E-state index contributed by atoms with van der Waals surface area (Å²) < 4.78 is 6.13. The van der Waals surface area contributed by atoms with Gasteiger partial charge in [0.15, 0.2) is 0 Å². The Bertz CT molecular complexity index is 908. The van der Waals surface area contributed by atoms with Crippen molar-refractivity contribution in [1.29, 1.82) is 0 Å². The van der Waals surface area contributed by atoms with Gasteiger partial charge in [-0.3, -0.25) is 4.98 Å². The summed E-state index contributed by atoms with van der Waals surface area (Å²) in [6.07, 6.45) is 2.21. The van der Waals surface area contributed by atoms with Crippen LogP contribution in [0.4, 0.5) is 5.69 Å². The van der Waals surface area contributed by atoms with Crippen LogP contribution in [0.5, 0.6) is 5.75 Å². The SMILES string of the molecule is C=C(C(C)C)N1CCCC(COc2cccc3nc(C)c(C(=O)O)c(N)c23)C1. The van der Waals surface area contributed by atoms with E-state index in [1.54, 1.807) is 6.92 Å². The van der Waals surface area contributed by atoms with E-state index in [-0.39, 0.29) is 11.3 Å². The third kappa shape index (κ3) is 3.91. The number of likely N-dealkylation sites (tertiary alicyclic amines) is 1. The van der Waals surface area contributed by atoms with Crippen LogP contribution < -0.4 is 10.5 Å². The predicted molar refractivity (Wildman–Crippen MR) is 112 cm³/mol. The van der Waals surface area contributed by atoms with Crippen LogP contribution >= 0.6 is 0 Å². The molecule has 1 saturated heterocycles. The van der Waals surface area contributed by atoms with Crippen molar-refractivity contribution in [3.05, 3.63) is 41.7 Å². The van der Waals surface area contributed by atoms with Crippen LogP contribution in [-0.2, 0) is 0 Å². The van der Waals surface area contributed by atoms with Crippen molar-refractivity contribution in [2.45, 2.75) is 33.6 Å². The molecule has 150 valence electrons. The maximum Gasteiger partial charge on any atom is 0.339 e. The third-order valence-electron chi connectivity index (χ3n) is 5.47. The molecule has 2 heterocycles. The summed E-state index contributed by atoms with van der Waals surface area (Å²) >= 11 is 0. The number of aromatic carboxylic acids is 1. The number of nitrogen functional groups attached to an aromatic ring is 1. The number of nitrogens with two attached hydrogens (primary N) is 1. The molecule has 6 heteroatoms. The fourth-order valence-corrected chi connectivity index (χ4v) is 3.86. The van der Waals surface area contributed by atoms with Gasteiger partial charge in [-0.1, -0.05) is 26.5 Å². The Morgan fingerprint density at radius 3 is 2.89 bits per heavy atom. The molecule has 3 N–H and O–H groups in total. The van der Waals surface area contributed by atoms with Gasteiger partial charge in [-0.15, -0.1) is 0 Å². The third-order valence-corrected chi connectivity index (χ3v) is 5.47. The number of pyridine rings is 1. The number of aryl methyl sites for hydroxylation is 1. The number of nitrogens with zero attached hydrogens (tertiary/aromatic N) is 2. The minimum absolute atomic E-state index is 0.0422. The minimum atomic E-state index is -1.07. The van der Waals surface area contributed by atoms with E-state index in [9.17, 15) is 9.90 Å². The Kier molecular flexibility index (Phi) is 5.77. The van der Waals surface area contributed by atoms with E-state index >= 15 is 0 Å². The van der Waals surface area contributed by atoms with Crippen LogP contribution in [0.25, 0.3) is 10.9 Å². The van der Waals surface area contributed by atoms with Crippen molar-refractivity contribution in [3.8, 4) is 5.75 Å². The van der Waals surface area contributed by atoms with E-state index in [2.05, 4.69) is 30.3 Å². The quantitative estimate of drug-likeness (QED) is 0.781. The summed E-state index contributed by atoms with van der Waals surface area (Å²) in [5.41, 5.74) is 8.69. The Balaban J connectivity index is 1.82. The molecule has 3 rings (SSSR count). The van der Waals surface area contributed by atoms with Gasteiger partial charge in [0.25, 0.3) is 0 Å². The number of carboxylic acids is 1. The number of carbonyl (C=O) groups is 1. The van der Waals surface area contributed by atoms with Gasteiger partial charge in [0, 0.05) is 24.7 Å². The normalized spacial score (nSPS) is 17.1. The minimum Gasteiger partial charge on any atom is -0.492 e. The van der Waals surface area contributed by atoms with E-state index in [0.29, 0.717) is 40.8 Å². The van der Waals surface area contributed by atoms with Gasteiger partial charge in [0.2, 0.25) is 0 Å². The molecular formula is C22H29N3O3. The number of hydrogen-bond donors (Lipinski definition) is 2. The van der Waals surface area contributed by atoms with Crippen LogP contribution in [-0.4, -0.2) is 40.7 Å². The fraction of sp³-hybridized carbons (Fsp3) is 0.455. The second-order valence-corrected chi connectivity index (χ2v) is 7.85. The van der Waals surface area contributed by atoms with Crippen LogP contribution in [0.2, 0.25) is 0 Å². The predicted octanol–water partition coefficient (Wildman–Crippen LogP) is 4.08. The van der Waals surface area contributed by atoms with Crippen LogP contribution in [0.3, 0.4) is 0 Å². The molecule has 1 aromatic carbocycles. The Morgan fingerprint density at radius 1 is 1.46 bits per heavy atom. The topological polar surface area (TPSA) is 88.7 Å². The van der Waals surface area contributed by atoms with Crippen molar-refractivity contribution in [3.63, 3.8) is 0 Å². The molecule has 28 heavy (non-hydrogen) atoms. The lowest BCUT2D eigenvalue weighted by Crippen LogP contribution is -2.38. The standard InChI is InChI=1S/C22H29N3O3/c1-13(2)15(4)25-10-6-7-16(11-25)12-28-18-9-5-8-17-20(18)21(23)19(22(26)27)14(3)24-17/h5,8-9,13,16H,4,6-7,10-12H2,1-3H3,(H2,23,24)(H,26,27). The maximum absolute atomic E-state index is 11.6. The van der Waals surface area contributed by atoms with Gasteiger partial charge in [0.1, 0.15) is 11.3 Å². The Morgan fingerprint density at radius 2 is 2.21 bits per heavy atom. The first kappa shape index (κ1) is 20.0. The molecule has 1 aliphatic heterocycles. The zero-order valence-electron chi connectivity index (χ0n) is 16.9. The van der Waals surface area contributed by atoms with E-state index in [1.807, 2.05) is 18.2 Å². The fourth-order valence-electron chi connectivity index (χ4n) is 3.86. The van der Waals surface area contributed by atoms with Crippen LogP contribution in [0, 0.1) is 18.8 Å². The molecule has 2 aromatic rings. The highest BCUT2D eigenvalue weighted by molar-refractivity contribution is 6.06. The lowest BCUT2D eigenvalue weighted by atomic mass is 9.97. The van der Waals surface area contributed by atoms with Gasteiger partial charge < -0.3 is 20.5 Å². The lowest BCUT2D eigenvalue weighted by molar-refractivity contribution is 0.0697. The number of aromatic nitrogens is 1. The molecule has 0 saturated carbocycles. The summed E-state index contributed by atoms with van der Waals surface area (Å²) in [7, 11) is 0. The summed E-state index contributed by atoms with van der Waals surface area (Å²) in [6, 6.07) is 5.51. The molecule has 1 unspecified atom stereocenters. The molecule has 0 radical (unpaired) electrons. The van der Waals surface area contributed by atoms with Crippen molar-refractivity contribution in [2.24, 2.45) is 11.8 Å². The number of rotatable bonds is 6. The van der Waals surface area contributed by atoms with Crippen molar-refractivity contribution in [1.82, 2.24) is 9.88 Å². The average Bonchev–Trinajstić information content (AvgIpc) is 2.65. The largest absolute Gasteiger partial charge is 0.492 e. The zero-order valence-corrected chi connectivity index (χ0v) is 16.9. The summed E-state index contributed by atoms with van der Waals surface area (Å²) in [5.74, 6) is 0.332. The molecule has 0 bridgehead atoms. The molecule has 1 aliphatic rings. The summed E-state index contributed by atoms with van der Waals surface area (Å²) in [5, 5.41) is 10.1. The second-order valence-electron chi connectivity index (χ2n) is 7.85. The van der Waals surface area contributed by atoms with Crippen LogP contribution in [0.15, 0.2) is 30.5 Å². The highest BCUT2D eigenvalue weighted by atomic mass is 16.5. The van der Waals surface area contributed by atoms with Crippen LogP contribution in [0.1, 0.15) is 42.7 Å². The van der Waals surface area contributed by atoms with Gasteiger partial charge in [0.05, 0.1) is 28.9 Å². The number of piperidine rings is 1. The lowest BCUT2D eigenvalue weighted by Gasteiger charge is -2.36. The summed E-state index contributed by atoms with van der Waals surface area (Å²) in [6.45, 7) is 12.7. The molecule has 0 amide bonds. The first-order valence-electron chi connectivity index (χ1n) is 9.78. The molecular weight excluding hydrogens is 354 g/mol. The van der Waals surface area contributed by atoms with Gasteiger partial charge in [-0.2, -0.15) is 0 Å². The Hall–Kier alpha value is -2.76. The highest BCUT2D eigenvalue weighted by Gasteiger charge is 2.23. The number of hydrogen-bond acceptors (Lipinski definition) is 5. The molecule has 0 aliphatic carbocycles. The molecule has 1 fully saturated rings. The van der Waals surface area contributed by atoms with Gasteiger partial charge >= 0.3 is 5.97 Å². The number of ether oxygens (including phenoxy) is 1. The van der Waals surface area contributed by atoms with Crippen molar-refractivity contribution < 1.29 is 14.6 Å². The van der Waals surface area contributed by atoms with Gasteiger partial charge in [-0.05, 0) is 37.8 Å². The average molecular weight is 383 g/mol. The monoisotopic (exact) mass is 383 g/mol. The number of benzene rings is 1. The van der Waals surface area contributed by atoms with E-state index < -0.39 is 5.97 Å². The number of carboxylic acid groups (broad SMARTS) is 1. The summed E-state index contributed by atoms with van der Waals surface area (Å²) in [4.78, 5) is 18.3. The number of allylic oxidation sites excluding steroid dienone is 1. The van der Waals surface area contributed by atoms with E-state index in [1.165, 1.54) is 5.70 Å². The first-order valence-corrected chi connectivity index (χ1v) is 9.78. The second kappa shape index (κ2) is 8.09. The van der Waals surface area contributed by atoms with Gasteiger partial charge in [-0.25, -0.2) is 4.79 Å². The molecule has 6 nitrogen and oxygen atoms in total. The Labute approximate surface area is 166 Å². The van der Waals surface area contributed by atoms with E-state index in [0.717, 1.165) is 25.9 Å². The first-order chi connectivity index (χ1) is 13.3. The molecule has 0 spiro atoms. The maximum atomic E-state index is 11.6. The smallest absolute Gasteiger partial charge is 0.339 e. The number of fused-ring (bicyclic) bond motifs is 1. The van der Waals surface area contributed by atoms with Crippen molar-refractivity contribution >= 4 is 22.6 Å².